The molecule has 1 N–H and O–H groups in total. The first-order valence-corrected chi connectivity index (χ1v) is 7.53. The Bertz CT molecular complexity index is 236. The van der Waals surface area contributed by atoms with Crippen LogP contribution in [0.3, 0.4) is 0 Å². The van der Waals surface area contributed by atoms with E-state index in [1.54, 1.807) is 7.11 Å². The van der Waals surface area contributed by atoms with Crippen LogP contribution in [-0.2, 0) is 9.47 Å². The van der Waals surface area contributed by atoms with Crippen molar-refractivity contribution in [2.24, 2.45) is 5.92 Å². The molecule has 0 aromatic heterocycles. The summed E-state index contributed by atoms with van der Waals surface area (Å²) in [6.07, 6.45) is 2.74. The molecule has 1 aliphatic rings. The molecule has 4 atom stereocenters. The van der Waals surface area contributed by atoms with Crippen molar-refractivity contribution in [3.8, 4) is 0 Å². The smallest absolute Gasteiger partial charge is 0.0986 e. The summed E-state index contributed by atoms with van der Waals surface area (Å²) in [6.45, 7) is 8.44. The van der Waals surface area contributed by atoms with Crippen LogP contribution in [0.1, 0.15) is 33.6 Å². The SMILES string of the molecule is CCOC1CC(NC(CC(C)C)CN(C)C)C1OC. The van der Waals surface area contributed by atoms with E-state index < -0.39 is 0 Å². The lowest BCUT2D eigenvalue weighted by atomic mass is 9.84. The van der Waals surface area contributed by atoms with Gasteiger partial charge in [-0.25, -0.2) is 0 Å². The molecule has 1 saturated carbocycles. The molecule has 1 fully saturated rings. The summed E-state index contributed by atoms with van der Waals surface area (Å²) in [6, 6.07) is 0.963. The third-order valence-corrected chi connectivity index (χ3v) is 3.69. The van der Waals surface area contributed by atoms with Crippen molar-refractivity contribution in [2.45, 2.75) is 57.9 Å². The van der Waals surface area contributed by atoms with Gasteiger partial charge in [0.1, 0.15) is 0 Å². The minimum Gasteiger partial charge on any atom is -0.377 e. The lowest BCUT2D eigenvalue weighted by Gasteiger charge is -2.45. The van der Waals surface area contributed by atoms with Gasteiger partial charge in [0.25, 0.3) is 0 Å². The van der Waals surface area contributed by atoms with Gasteiger partial charge in [0.15, 0.2) is 0 Å². The van der Waals surface area contributed by atoms with Crippen LogP contribution in [0, 0.1) is 5.92 Å². The number of rotatable bonds is 9. The standard InChI is InChI=1S/C15H32N2O2/c1-7-19-14-9-13(15(14)18-6)16-12(8-11(2)3)10-17(4)5/h11-16H,7-10H2,1-6H3. The van der Waals surface area contributed by atoms with Gasteiger partial charge in [-0.2, -0.15) is 0 Å². The van der Waals surface area contributed by atoms with Crippen molar-refractivity contribution in [1.82, 2.24) is 10.2 Å². The number of hydrogen-bond donors (Lipinski definition) is 1. The Morgan fingerprint density at radius 2 is 2.00 bits per heavy atom. The molecule has 0 aliphatic heterocycles. The number of hydrogen-bond acceptors (Lipinski definition) is 4. The monoisotopic (exact) mass is 272 g/mol. The maximum Gasteiger partial charge on any atom is 0.0986 e. The van der Waals surface area contributed by atoms with Crippen molar-refractivity contribution >= 4 is 0 Å². The molecular weight excluding hydrogens is 240 g/mol. The molecule has 114 valence electrons. The average molecular weight is 272 g/mol. The van der Waals surface area contributed by atoms with Gasteiger partial charge in [0, 0.05) is 32.3 Å². The highest BCUT2D eigenvalue weighted by Gasteiger charge is 2.42. The lowest BCUT2D eigenvalue weighted by molar-refractivity contribution is -0.133. The summed E-state index contributed by atoms with van der Waals surface area (Å²) in [4.78, 5) is 2.25. The van der Waals surface area contributed by atoms with Crippen LogP contribution in [0.2, 0.25) is 0 Å². The van der Waals surface area contributed by atoms with Crippen molar-refractivity contribution in [3.63, 3.8) is 0 Å². The average Bonchev–Trinajstić information content (AvgIpc) is 2.26. The fourth-order valence-corrected chi connectivity index (χ4v) is 2.95. The maximum absolute atomic E-state index is 5.68. The second-order valence-corrected chi connectivity index (χ2v) is 6.29. The third kappa shape index (κ3) is 5.38. The second-order valence-electron chi connectivity index (χ2n) is 6.29. The van der Waals surface area contributed by atoms with E-state index in [1.807, 2.05) is 6.92 Å². The number of ether oxygens (including phenoxy) is 2. The van der Waals surface area contributed by atoms with Crippen LogP contribution < -0.4 is 5.32 Å². The van der Waals surface area contributed by atoms with E-state index in [1.165, 1.54) is 6.42 Å². The predicted octanol–water partition coefficient (Wildman–Crippen LogP) is 1.74. The molecule has 19 heavy (non-hydrogen) atoms. The van der Waals surface area contributed by atoms with Gasteiger partial charge in [0.05, 0.1) is 12.2 Å². The number of nitrogens with one attached hydrogen (secondary N) is 1. The molecule has 0 aromatic rings. The molecule has 1 aliphatic carbocycles. The Hall–Kier alpha value is -0.160. The van der Waals surface area contributed by atoms with E-state index >= 15 is 0 Å². The van der Waals surface area contributed by atoms with Crippen molar-refractivity contribution in [1.29, 1.82) is 0 Å². The summed E-state index contributed by atoms with van der Waals surface area (Å²) in [7, 11) is 6.05. The topological polar surface area (TPSA) is 33.7 Å². The third-order valence-electron chi connectivity index (χ3n) is 3.69. The molecule has 0 bridgehead atoms. The fourth-order valence-electron chi connectivity index (χ4n) is 2.95. The quantitative estimate of drug-likeness (QED) is 0.693. The fraction of sp³-hybridized carbons (Fsp3) is 1.00. The second kappa shape index (κ2) is 8.20. The van der Waals surface area contributed by atoms with E-state index in [9.17, 15) is 0 Å². The van der Waals surface area contributed by atoms with Crippen molar-refractivity contribution < 1.29 is 9.47 Å². The van der Waals surface area contributed by atoms with Gasteiger partial charge >= 0.3 is 0 Å². The highest BCUT2D eigenvalue weighted by molar-refractivity contribution is 4.98. The largest absolute Gasteiger partial charge is 0.377 e. The molecule has 0 saturated heterocycles. The highest BCUT2D eigenvalue weighted by atomic mass is 16.5. The van der Waals surface area contributed by atoms with Crippen LogP contribution in [0.5, 0.6) is 0 Å². The normalized spacial score (nSPS) is 28.7. The van der Waals surface area contributed by atoms with Crippen LogP contribution >= 0.6 is 0 Å². The van der Waals surface area contributed by atoms with Crippen LogP contribution in [0.4, 0.5) is 0 Å². The molecular formula is C15H32N2O2. The zero-order valence-electron chi connectivity index (χ0n) is 13.5. The Morgan fingerprint density at radius 3 is 2.47 bits per heavy atom. The molecule has 4 unspecified atom stereocenters. The van der Waals surface area contributed by atoms with Gasteiger partial charge in [-0.15, -0.1) is 0 Å². The Labute approximate surface area is 118 Å². The van der Waals surface area contributed by atoms with E-state index in [2.05, 4.69) is 38.2 Å². The van der Waals surface area contributed by atoms with Crippen LogP contribution in [0.15, 0.2) is 0 Å². The molecule has 1 rings (SSSR count). The summed E-state index contributed by atoms with van der Waals surface area (Å²) in [5, 5.41) is 3.76. The van der Waals surface area contributed by atoms with E-state index in [4.69, 9.17) is 9.47 Å². The summed E-state index contributed by atoms with van der Waals surface area (Å²) in [5.74, 6) is 0.709. The van der Waals surface area contributed by atoms with Crippen LogP contribution in [0.25, 0.3) is 0 Å². The number of nitrogens with zero attached hydrogens (tertiary/aromatic N) is 1. The highest BCUT2D eigenvalue weighted by Crippen LogP contribution is 2.27. The maximum atomic E-state index is 5.68. The van der Waals surface area contributed by atoms with Gasteiger partial charge in [-0.1, -0.05) is 13.8 Å². The minimum absolute atomic E-state index is 0.205. The first kappa shape index (κ1) is 16.9. The van der Waals surface area contributed by atoms with E-state index in [-0.39, 0.29) is 12.2 Å². The van der Waals surface area contributed by atoms with Crippen LogP contribution in [-0.4, -0.2) is 63.5 Å². The summed E-state index contributed by atoms with van der Waals surface area (Å²) < 4.78 is 11.3. The minimum atomic E-state index is 0.205. The molecule has 0 amide bonds. The molecule has 0 heterocycles. The lowest BCUT2D eigenvalue weighted by Crippen LogP contribution is -2.62. The molecule has 4 nitrogen and oxygen atoms in total. The van der Waals surface area contributed by atoms with Gasteiger partial charge in [0.2, 0.25) is 0 Å². The Kier molecular flexibility index (Phi) is 7.29. The van der Waals surface area contributed by atoms with Crippen molar-refractivity contribution in [3.05, 3.63) is 0 Å². The summed E-state index contributed by atoms with van der Waals surface area (Å²) >= 11 is 0. The molecule has 0 spiro atoms. The van der Waals surface area contributed by atoms with Crippen molar-refractivity contribution in [2.75, 3.05) is 34.4 Å². The Morgan fingerprint density at radius 1 is 1.32 bits per heavy atom. The van der Waals surface area contributed by atoms with E-state index in [0.717, 1.165) is 19.6 Å². The first-order valence-electron chi connectivity index (χ1n) is 7.53. The summed E-state index contributed by atoms with van der Waals surface area (Å²) in [5.41, 5.74) is 0. The molecule has 0 radical (unpaired) electrons. The number of methoxy groups -OCH3 is 1. The van der Waals surface area contributed by atoms with Gasteiger partial charge in [-0.3, -0.25) is 0 Å². The zero-order chi connectivity index (χ0) is 14.4. The molecule has 4 heteroatoms. The van der Waals surface area contributed by atoms with Gasteiger partial charge in [-0.05, 0) is 39.8 Å². The van der Waals surface area contributed by atoms with E-state index in [0.29, 0.717) is 18.0 Å². The Balaban J connectivity index is 2.45. The molecule has 0 aromatic carbocycles. The first-order chi connectivity index (χ1) is 8.97. The number of likely N-dealkylation sites (N-methyl/N-ethyl adjacent to an activating group) is 1. The predicted molar refractivity (Wildman–Crippen MR) is 79.5 cm³/mol. The van der Waals surface area contributed by atoms with Gasteiger partial charge < -0.3 is 19.7 Å². The zero-order valence-corrected chi connectivity index (χ0v) is 13.5.